The summed E-state index contributed by atoms with van der Waals surface area (Å²) < 4.78 is 5.86. The van der Waals surface area contributed by atoms with Gasteiger partial charge in [0.15, 0.2) is 0 Å². The second kappa shape index (κ2) is 5.23. The van der Waals surface area contributed by atoms with E-state index in [0.29, 0.717) is 18.1 Å². The SMILES string of the molecule is Cc1oc(-c2cccs2)nc1CN1C2CCC1CC(N)C2. The van der Waals surface area contributed by atoms with Gasteiger partial charge < -0.3 is 10.2 Å². The van der Waals surface area contributed by atoms with Crippen LogP contribution in [0.25, 0.3) is 10.8 Å². The molecule has 5 heteroatoms. The predicted octanol–water partition coefficient (Wildman–Crippen LogP) is 3.17. The van der Waals surface area contributed by atoms with Gasteiger partial charge in [-0.1, -0.05) is 6.07 Å². The first-order valence-corrected chi connectivity index (χ1v) is 8.60. The van der Waals surface area contributed by atoms with E-state index in [1.54, 1.807) is 11.3 Å². The molecule has 2 unspecified atom stereocenters. The maximum absolute atomic E-state index is 6.15. The Labute approximate surface area is 129 Å². The first-order chi connectivity index (χ1) is 10.2. The highest BCUT2D eigenvalue weighted by atomic mass is 32.1. The number of hydrogen-bond donors (Lipinski definition) is 1. The number of thiophene rings is 1. The normalized spacial score (nSPS) is 29.1. The van der Waals surface area contributed by atoms with Gasteiger partial charge in [-0.2, -0.15) is 0 Å². The van der Waals surface area contributed by atoms with Gasteiger partial charge in [-0.15, -0.1) is 11.3 Å². The van der Waals surface area contributed by atoms with Gasteiger partial charge in [0.05, 0.1) is 10.6 Å². The summed E-state index contributed by atoms with van der Waals surface area (Å²) in [6.07, 6.45) is 4.83. The molecule has 2 atom stereocenters. The molecule has 2 saturated heterocycles. The van der Waals surface area contributed by atoms with Crippen LogP contribution in [-0.2, 0) is 6.54 Å². The Hall–Kier alpha value is -1.17. The van der Waals surface area contributed by atoms with Crippen LogP contribution >= 0.6 is 11.3 Å². The topological polar surface area (TPSA) is 55.3 Å². The molecule has 0 aromatic carbocycles. The molecule has 2 aliphatic rings. The van der Waals surface area contributed by atoms with Crippen LogP contribution in [0, 0.1) is 6.92 Å². The predicted molar refractivity (Wildman–Crippen MR) is 84.1 cm³/mol. The van der Waals surface area contributed by atoms with Gasteiger partial charge in [0, 0.05) is 24.7 Å². The zero-order chi connectivity index (χ0) is 14.4. The van der Waals surface area contributed by atoms with E-state index in [0.717, 1.165) is 41.6 Å². The Morgan fingerprint density at radius 3 is 2.81 bits per heavy atom. The van der Waals surface area contributed by atoms with Crippen molar-refractivity contribution in [2.24, 2.45) is 5.73 Å². The zero-order valence-electron chi connectivity index (χ0n) is 12.3. The highest BCUT2D eigenvalue weighted by Crippen LogP contribution is 2.37. The molecule has 21 heavy (non-hydrogen) atoms. The summed E-state index contributed by atoms with van der Waals surface area (Å²) in [6.45, 7) is 2.93. The number of aryl methyl sites for hydroxylation is 1. The fraction of sp³-hybridized carbons (Fsp3) is 0.562. The summed E-state index contributed by atoms with van der Waals surface area (Å²) in [6, 6.07) is 5.76. The molecule has 0 radical (unpaired) electrons. The van der Waals surface area contributed by atoms with Crippen molar-refractivity contribution in [1.29, 1.82) is 0 Å². The van der Waals surface area contributed by atoms with Crippen LogP contribution in [0.4, 0.5) is 0 Å². The van der Waals surface area contributed by atoms with Crippen molar-refractivity contribution >= 4 is 11.3 Å². The molecule has 2 aromatic rings. The molecule has 2 aromatic heterocycles. The molecule has 2 N–H and O–H groups in total. The lowest BCUT2D eigenvalue weighted by Gasteiger charge is -2.37. The maximum atomic E-state index is 6.15. The van der Waals surface area contributed by atoms with Crippen LogP contribution in [0.2, 0.25) is 0 Å². The van der Waals surface area contributed by atoms with E-state index in [1.807, 2.05) is 13.0 Å². The third kappa shape index (κ3) is 2.43. The Morgan fingerprint density at radius 2 is 2.14 bits per heavy atom. The summed E-state index contributed by atoms with van der Waals surface area (Å²) in [5.74, 6) is 1.71. The molecule has 4 heterocycles. The van der Waals surface area contributed by atoms with Gasteiger partial charge in [-0.3, -0.25) is 4.90 Å². The number of rotatable bonds is 3. The average Bonchev–Trinajstić information content (AvgIpc) is 3.13. The van der Waals surface area contributed by atoms with Crippen molar-refractivity contribution in [3.05, 3.63) is 29.0 Å². The van der Waals surface area contributed by atoms with Crippen molar-refractivity contribution in [2.75, 3.05) is 0 Å². The van der Waals surface area contributed by atoms with Gasteiger partial charge >= 0.3 is 0 Å². The van der Waals surface area contributed by atoms with E-state index < -0.39 is 0 Å². The number of piperidine rings is 1. The summed E-state index contributed by atoms with van der Waals surface area (Å²) >= 11 is 1.67. The van der Waals surface area contributed by atoms with Crippen molar-refractivity contribution < 1.29 is 4.42 Å². The van der Waals surface area contributed by atoms with Gasteiger partial charge in [0.25, 0.3) is 0 Å². The minimum atomic E-state index is 0.388. The second-order valence-corrected chi connectivity index (χ2v) is 7.24. The zero-order valence-corrected chi connectivity index (χ0v) is 13.1. The number of hydrogen-bond acceptors (Lipinski definition) is 5. The van der Waals surface area contributed by atoms with E-state index in [2.05, 4.69) is 16.3 Å². The standard InChI is InChI=1S/C16H21N3OS/c1-10-14(18-16(20-10)15-3-2-6-21-15)9-19-12-4-5-13(19)8-11(17)7-12/h2-3,6,11-13H,4-5,7-9,17H2,1H3. The first kappa shape index (κ1) is 13.5. The van der Waals surface area contributed by atoms with Gasteiger partial charge in [-0.25, -0.2) is 4.98 Å². The van der Waals surface area contributed by atoms with Gasteiger partial charge in [-0.05, 0) is 44.1 Å². The summed E-state index contributed by atoms with van der Waals surface area (Å²) in [4.78, 5) is 8.44. The number of fused-ring (bicyclic) bond motifs is 2. The molecule has 2 bridgehead atoms. The Bertz CT molecular complexity index is 608. The largest absolute Gasteiger partial charge is 0.440 e. The lowest BCUT2D eigenvalue weighted by molar-refractivity contribution is 0.118. The van der Waals surface area contributed by atoms with Crippen molar-refractivity contribution in [3.8, 4) is 10.8 Å². The highest BCUT2D eigenvalue weighted by Gasteiger charge is 2.39. The second-order valence-electron chi connectivity index (χ2n) is 6.29. The van der Waals surface area contributed by atoms with Crippen LogP contribution in [-0.4, -0.2) is 28.0 Å². The van der Waals surface area contributed by atoms with Crippen molar-refractivity contribution in [2.45, 2.75) is 57.3 Å². The Kier molecular flexibility index (Phi) is 3.36. The Balaban J connectivity index is 1.55. The smallest absolute Gasteiger partial charge is 0.236 e. The van der Waals surface area contributed by atoms with Gasteiger partial charge in [0.1, 0.15) is 5.76 Å². The molecule has 2 fully saturated rings. The van der Waals surface area contributed by atoms with Crippen molar-refractivity contribution in [3.63, 3.8) is 0 Å². The number of aromatic nitrogens is 1. The van der Waals surface area contributed by atoms with E-state index in [9.17, 15) is 0 Å². The monoisotopic (exact) mass is 303 g/mol. The van der Waals surface area contributed by atoms with E-state index in [-0.39, 0.29) is 0 Å². The molecular weight excluding hydrogens is 282 g/mol. The molecule has 112 valence electrons. The number of nitrogens with zero attached hydrogens (tertiary/aromatic N) is 2. The summed E-state index contributed by atoms with van der Waals surface area (Å²) in [5, 5.41) is 2.06. The molecule has 0 amide bonds. The van der Waals surface area contributed by atoms with E-state index in [4.69, 9.17) is 15.1 Å². The fourth-order valence-corrected chi connectivity index (χ4v) is 4.48. The van der Waals surface area contributed by atoms with E-state index >= 15 is 0 Å². The first-order valence-electron chi connectivity index (χ1n) is 7.72. The number of nitrogens with two attached hydrogens (primary N) is 1. The van der Waals surface area contributed by atoms with Crippen LogP contribution in [0.5, 0.6) is 0 Å². The highest BCUT2D eigenvalue weighted by molar-refractivity contribution is 7.13. The maximum Gasteiger partial charge on any atom is 0.236 e. The van der Waals surface area contributed by atoms with Crippen LogP contribution in [0.15, 0.2) is 21.9 Å². The summed E-state index contributed by atoms with van der Waals surface area (Å²) in [5.41, 5.74) is 7.24. The third-order valence-corrected chi connectivity index (χ3v) is 5.74. The quantitative estimate of drug-likeness (QED) is 0.946. The average molecular weight is 303 g/mol. The van der Waals surface area contributed by atoms with Crippen LogP contribution < -0.4 is 5.73 Å². The molecular formula is C16H21N3OS. The molecule has 4 nitrogen and oxygen atoms in total. The molecule has 0 spiro atoms. The van der Waals surface area contributed by atoms with Crippen LogP contribution in [0.1, 0.15) is 37.1 Å². The van der Waals surface area contributed by atoms with Crippen molar-refractivity contribution in [1.82, 2.24) is 9.88 Å². The van der Waals surface area contributed by atoms with Gasteiger partial charge in [0.2, 0.25) is 5.89 Å². The lowest BCUT2D eigenvalue weighted by atomic mass is 9.98. The third-order valence-electron chi connectivity index (χ3n) is 4.88. The van der Waals surface area contributed by atoms with Crippen LogP contribution in [0.3, 0.4) is 0 Å². The molecule has 0 aliphatic carbocycles. The fourth-order valence-electron chi connectivity index (χ4n) is 3.83. The minimum Gasteiger partial charge on any atom is -0.440 e. The van der Waals surface area contributed by atoms with E-state index in [1.165, 1.54) is 12.8 Å². The minimum absolute atomic E-state index is 0.388. The molecule has 4 rings (SSSR count). The molecule has 0 saturated carbocycles. The Morgan fingerprint density at radius 1 is 1.38 bits per heavy atom. The summed E-state index contributed by atoms with van der Waals surface area (Å²) in [7, 11) is 0. The molecule has 2 aliphatic heterocycles. The number of oxazole rings is 1. The lowest BCUT2D eigenvalue weighted by Crippen LogP contribution is -2.46.